The highest BCUT2D eigenvalue weighted by atomic mass is 16.5. The summed E-state index contributed by atoms with van der Waals surface area (Å²) in [7, 11) is 3.46. The molecule has 0 radical (unpaired) electrons. The second kappa shape index (κ2) is 11.7. The molecule has 0 aromatic carbocycles. The van der Waals surface area contributed by atoms with E-state index >= 15 is 0 Å². The second-order valence-electron chi connectivity index (χ2n) is 12.2. The Labute approximate surface area is 226 Å². The normalized spacial score (nSPS) is 42.8. The number of amides is 2. The summed E-state index contributed by atoms with van der Waals surface area (Å²) in [5.41, 5.74) is 0. The van der Waals surface area contributed by atoms with Crippen molar-refractivity contribution in [2.24, 2.45) is 23.7 Å². The molecule has 0 bridgehead atoms. The average Bonchev–Trinajstić information content (AvgIpc) is 3.29. The lowest BCUT2D eigenvalue weighted by molar-refractivity contribution is -0.175. The highest BCUT2D eigenvalue weighted by molar-refractivity contribution is 5.83. The van der Waals surface area contributed by atoms with Gasteiger partial charge in [-0.1, -0.05) is 0 Å². The first-order valence-electron chi connectivity index (χ1n) is 14.9. The summed E-state index contributed by atoms with van der Waals surface area (Å²) < 4.78 is 23.2. The van der Waals surface area contributed by atoms with E-state index in [2.05, 4.69) is 20.4 Å². The fourth-order valence-corrected chi connectivity index (χ4v) is 8.91. The molecule has 2 saturated carbocycles. The Hall–Kier alpha value is -1.30. The van der Waals surface area contributed by atoms with Crippen molar-refractivity contribution in [3.8, 4) is 0 Å². The fraction of sp³-hybridized carbons (Fsp3) is 0.929. The maximum Gasteiger partial charge on any atom is 0.246 e. The third kappa shape index (κ3) is 4.90. The molecule has 6 fully saturated rings. The van der Waals surface area contributed by atoms with Gasteiger partial charge in [-0.05, 0) is 62.8 Å². The Morgan fingerprint density at radius 3 is 2.68 bits per heavy atom. The van der Waals surface area contributed by atoms with Gasteiger partial charge in [-0.2, -0.15) is 0 Å². The Morgan fingerprint density at radius 2 is 1.89 bits per heavy atom. The van der Waals surface area contributed by atoms with Gasteiger partial charge in [0.15, 0.2) is 0 Å². The number of carbonyl (C=O) groups excluding carboxylic acids is 2. The van der Waals surface area contributed by atoms with Gasteiger partial charge in [0.2, 0.25) is 11.8 Å². The number of piperidine rings is 2. The molecule has 10 unspecified atom stereocenters. The van der Waals surface area contributed by atoms with Crippen molar-refractivity contribution in [1.82, 2.24) is 20.4 Å². The average molecular weight is 535 g/mol. The Kier molecular flexibility index (Phi) is 8.26. The van der Waals surface area contributed by atoms with Crippen LogP contribution in [0.3, 0.4) is 0 Å². The van der Waals surface area contributed by atoms with Gasteiger partial charge in [0.05, 0.1) is 43.5 Å². The molecule has 6 aliphatic rings. The molecule has 4 aliphatic heterocycles. The zero-order chi connectivity index (χ0) is 26.2. The molecule has 2 aliphatic carbocycles. The van der Waals surface area contributed by atoms with Crippen LogP contribution in [0.15, 0.2) is 0 Å². The number of nitrogens with zero attached hydrogens (tertiary/aromatic N) is 2. The maximum absolute atomic E-state index is 14.1. The van der Waals surface area contributed by atoms with Crippen LogP contribution in [0.25, 0.3) is 0 Å². The Morgan fingerprint density at radius 1 is 1.05 bits per heavy atom. The molecule has 2 amide bonds. The highest BCUT2D eigenvalue weighted by Gasteiger charge is 2.64. The quantitative estimate of drug-likeness (QED) is 0.457. The standard InChI is InChI=1S/C28H46N4O6/c1-35-22-6-4-19-24(27(22)36-2)28(34)32-21-5-3-17(15-20(21)18-7-8-30-25(19)26(18)32)38-16-23(33)29-9-10-31-11-13-37-14-12-31/h17-22,24-27,30H,3-16H2,1-2H3,(H,29,33). The van der Waals surface area contributed by atoms with Crippen LogP contribution >= 0.6 is 0 Å². The molecule has 38 heavy (non-hydrogen) atoms. The number of hydrogen-bond acceptors (Lipinski definition) is 8. The number of rotatable bonds is 8. The summed E-state index contributed by atoms with van der Waals surface area (Å²) >= 11 is 0. The maximum atomic E-state index is 14.1. The number of carbonyl (C=O) groups is 2. The largest absolute Gasteiger partial charge is 0.379 e. The first kappa shape index (κ1) is 26.9. The molecular formula is C28H46N4O6. The van der Waals surface area contributed by atoms with E-state index < -0.39 is 0 Å². The molecule has 4 saturated heterocycles. The summed E-state index contributed by atoms with van der Waals surface area (Å²) in [6.45, 7) is 6.00. The molecule has 214 valence electrons. The van der Waals surface area contributed by atoms with Crippen LogP contribution in [0.5, 0.6) is 0 Å². The number of nitrogens with one attached hydrogen (secondary N) is 2. The van der Waals surface area contributed by atoms with Gasteiger partial charge in [0.25, 0.3) is 0 Å². The van der Waals surface area contributed by atoms with Gasteiger partial charge in [-0.25, -0.2) is 0 Å². The number of hydrogen-bond donors (Lipinski definition) is 2. The van der Waals surface area contributed by atoms with Crippen molar-refractivity contribution in [3.63, 3.8) is 0 Å². The molecular weight excluding hydrogens is 488 g/mol. The first-order chi connectivity index (χ1) is 18.6. The van der Waals surface area contributed by atoms with Gasteiger partial charge in [-0.15, -0.1) is 0 Å². The van der Waals surface area contributed by atoms with E-state index in [9.17, 15) is 9.59 Å². The van der Waals surface area contributed by atoms with Gasteiger partial charge in [0.1, 0.15) is 6.61 Å². The van der Waals surface area contributed by atoms with Crippen molar-refractivity contribution in [2.45, 2.75) is 75.0 Å². The fourth-order valence-electron chi connectivity index (χ4n) is 8.91. The molecule has 0 aromatic rings. The number of fused-ring (bicyclic) bond motifs is 5. The van der Waals surface area contributed by atoms with E-state index in [4.69, 9.17) is 18.9 Å². The van der Waals surface area contributed by atoms with E-state index in [-0.39, 0.29) is 54.7 Å². The molecule has 10 heteroatoms. The Balaban J connectivity index is 1.07. The summed E-state index contributed by atoms with van der Waals surface area (Å²) in [4.78, 5) is 31.2. The smallest absolute Gasteiger partial charge is 0.246 e. The number of methoxy groups -OCH3 is 2. The minimum Gasteiger partial charge on any atom is -0.379 e. The van der Waals surface area contributed by atoms with Crippen LogP contribution in [-0.4, -0.2) is 125 Å². The van der Waals surface area contributed by atoms with Gasteiger partial charge in [-0.3, -0.25) is 14.5 Å². The lowest BCUT2D eigenvalue weighted by Crippen LogP contribution is -2.70. The zero-order valence-corrected chi connectivity index (χ0v) is 23.0. The van der Waals surface area contributed by atoms with E-state index in [1.165, 1.54) is 0 Å². The van der Waals surface area contributed by atoms with Crippen LogP contribution < -0.4 is 10.6 Å². The zero-order valence-electron chi connectivity index (χ0n) is 23.0. The van der Waals surface area contributed by atoms with Crippen LogP contribution in [0, 0.1) is 23.7 Å². The van der Waals surface area contributed by atoms with E-state index in [1.807, 2.05) is 0 Å². The third-order valence-electron chi connectivity index (χ3n) is 10.6. The minimum absolute atomic E-state index is 0.0244. The van der Waals surface area contributed by atoms with Crippen LogP contribution in [0.2, 0.25) is 0 Å². The van der Waals surface area contributed by atoms with E-state index in [1.54, 1.807) is 14.2 Å². The summed E-state index contributed by atoms with van der Waals surface area (Å²) in [5.74, 6) is 1.35. The summed E-state index contributed by atoms with van der Waals surface area (Å²) in [5, 5.41) is 6.85. The van der Waals surface area contributed by atoms with Gasteiger partial charge < -0.3 is 34.5 Å². The molecule has 0 aromatic heterocycles. The molecule has 0 spiro atoms. The van der Waals surface area contributed by atoms with Gasteiger partial charge in [0, 0.05) is 52.5 Å². The minimum atomic E-state index is -0.185. The van der Waals surface area contributed by atoms with Crippen LogP contribution in [-0.2, 0) is 28.5 Å². The van der Waals surface area contributed by atoms with Crippen molar-refractivity contribution in [2.75, 3.05) is 66.8 Å². The lowest BCUT2D eigenvalue weighted by Gasteiger charge is -2.55. The van der Waals surface area contributed by atoms with Crippen LogP contribution in [0.4, 0.5) is 0 Å². The van der Waals surface area contributed by atoms with E-state index in [0.29, 0.717) is 30.3 Å². The topological polar surface area (TPSA) is 102 Å². The molecule has 2 N–H and O–H groups in total. The number of ether oxygens (including phenoxy) is 4. The molecule has 4 heterocycles. The van der Waals surface area contributed by atoms with Crippen molar-refractivity contribution >= 4 is 11.8 Å². The van der Waals surface area contributed by atoms with Crippen molar-refractivity contribution < 1.29 is 28.5 Å². The van der Waals surface area contributed by atoms with E-state index in [0.717, 1.165) is 77.9 Å². The number of morpholine rings is 1. The molecule has 6 rings (SSSR count). The van der Waals surface area contributed by atoms with Crippen LogP contribution in [0.1, 0.15) is 38.5 Å². The summed E-state index contributed by atoms with van der Waals surface area (Å²) in [6.07, 6.45) is 5.70. The Bertz CT molecular complexity index is 855. The first-order valence-corrected chi connectivity index (χ1v) is 14.9. The van der Waals surface area contributed by atoms with Crippen molar-refractivity contribution in [3.05, 3.63) is 0 Å². The predicted octanol–water partition coefficient (Wildman–Crippen LogP) is 0.247. The predicted molar refractivity (Wildman–Crippen MR) is 139 cm³/mol. The molecule has 10 atom stereocenters. The highest BCUT2D eigenvalue weighted by Crippen LogP contribution is 2.54. The lowest BCUT2D eigenvalue weighted by atomic mass is 9.64. The monoisotopic (exact) mass is 534 g/mol. The summed E-state index contributed by atoms with van der Waals surface area (Å²) in [6, 6.07) is 0.865. The third-order valence-corrected chi connectivity index (χ3v) is 10.6. The SMILES string of the molecule is COC1CCC2C3NCCC4C5CC(OCC(=O)NCCN6CCOCC6)CCC5N(C(=O)C2C1OC)C43. The van der Waals surface area contributed by atoms with Crippen molar-refractivity contribution in [1.29, 1.82) is 0 Å². The second-order valence-corrected chi connectivity index (χ2v) is 12.2. The molecule has 10 nitrogen and oxygen atoms in total. The van der Waals surface area contributed by atoms with Gasteiger partial charge >= 0.3 is 0 Å².